The predicted molar refractivity (Wildman–Crippen MR) is 69.1 cm³/mol. The van der Waals surface area contributed by atoms with Gasteiger partial charge in [-0.05, 0) is 38.0 Å². The second-order valence-corrected chi connectivity index (χ2v) is 5.09. The molecule has 0 spiro atoms. The van der Waals surface area contributed by atoms with Crippen molar-refractivity contribution >= 4 is 5.97 Å². The van der Waals surface area contributed by atoms with E-state index in [2.05, 4.69) is 0 Å². The minimum absolute atomic E-state index is 0.237. The minimum atomic E-state index is -1.14. The van der Waals surface area contributed by atoms with Crippen LogP contribution >= 0.6 is 0 Å². The van der Waals surface area contributed by atoms with Crippen LogP contribution in [0.5, 0.6) is 0 Å². The zero-order valence-corrected chi connectivity index (χ0v) is 11.8. The molecule has 0 bridgehead atoms. The van der Waals surface area contributed by atoms with Crippen molar-refractivity contribution < 1.29 is 23.0 Å². The average Bonchev–Trinajstić information content (AvgIpc) is 2.97. The largest absolute Gasteiger partial charge is 0.464 e. The fraction of sp³-hybridized carbons (Fsp3) is 0.533. The van der Waals surface area contributed by atoms with Crippen LogP contribution in [0.1, 0.15) is 39.2 Å². The van der Waals surface area contributed by atoms with Crippen LogP contribution < -0.4 is 0 Å². The van der Waals surface area contributed by atoms with E-state index in [4.69, 9.17) is 9.47 Å². The first-order valence-corrected chi connectivity index (χ1v) is 6.73. The Kier molecular flexibility index (Phi) is 3.82. The Bertz CT molecular complexity index is 512. The third-order valence-electron chi connectivity index (χ3n) is 3.73. The van der Waals surface area contributed by atoms with Gasteiger partial charge < -0.3 is 9.47 Å². The van der Waals surface area contributed by atoms with E-state index < -0.39 is 28.8 Å². The number of carbonyl (C=O) groups excluding carboxylic acids is 1. The molecule has 20 heavy (non-hydrogen) atoms. The molecule has 0 aromatic heterocycles. The zero-order chi connectivity index (χ0) is 15.0. The van der Waals surface area contributed by atoms with E-state index in [1.165, 1.54) is 12.1 Å². The Balaban J connectivity index is 2.38. The first kappa shape index (κ1) is 14.9. The van der Waals surface area contributed by atoms with E-state index >= 15 is 0 Å². The number of carbonyl (C=O) groups is 1. The molecule has 2 unspecified atom stereocenters. The van der Waals surface area contributed by atoms with Crippen LogP contribution in [0, 0.1) is 11.6 Å². The molecule has 0 amide bonds. The Morgan fingerprint density at radius 3 is 2.35 bits per heavy atom. The van der Waals surface area contributed by atoms with Crippen molar-refractivity contribution in [2.75, 3.05) is 6.61 Å². The van der Waals surface area contributed by atoms with E-state index in [0.29, 0.717) is 18.4 Å². The van der Waals surface area contributed by atoms with Crippen molar-refractivity contribution in [3.63, 3.8) is 0 Å². The van der Waals surface area contributed by atoms with Gasteiger partial charge in [-0.3, -0.25) is 0 Å². The van der Waals surface area contributed by atoms with Gasteiger partial charge in [-0.15, -0.1) is 0 Å². The van der Waals surface area contributed by atoms with Gasteiger partial charge in [0.25, 0.3) is 0 Å². The van der Waals surface area contributed by atoms with Gasteiger partial charge in [0.1, 0.15) is 17.2 Å². The molecule has 0 N–H and O–H groups in total. The average molecular weight is 284 g/mol. The summed E-state index contributed by atoms with van der Waals surface area (Å²) in [4.78, 5) is 12.1. The Labute approximate surface area is 116 Å². The lowest BCUT2D eigenvalue weighted by atomic mass is 9.84. The highest BCUT2D eigenvalue weighted by Crippen LogP contribution is 2.58. The fourth-order valence-electron chi connectivity index (χ4n) is 2.67. The Hall–Kier alpha value is -1.49. The van der Waals surface area contributed by atoms with E-state index in [9.17, 15) is 13.6 Å². The summed E-state index contributed by atoms with van der Waals surface area (Å²) in [5, 5.41) is 0. The summed E-state index contributed by atoms with van der Waals surface area (Å²) >= 11 is 0. The number of ether oxygens (including phenoxy) is 2. The molecule has 1 aromatic carbocycles. The first-order valence-electron chi connectivity index (χ1n) is 6.73. The third-order valence-corrected chi connectivity index (χ3v) is 3.73. The summed E-state index contributed by atoms with van der Waals surface area (Å²) in [7, 11) is 0. The molecule has 2 rings (SSSR count). The molecular formula is C15H18F2O3. The summed E-state index contributed by atoms with van der Waals surface area (Å²) in [5.41, 5.74) is -1.87. The van der Waals surface area contributed by atoms with Crippen molar-refractivity contribution in [3.05, 3.63) is 35.4 Å². The minimum Gasteiger partial charge on any atom is -0.464 e. The number of benzene rings is 1. The molecule has 1 aliphatic rings. The second kappa shape index (κ2) is 5.13. The normalized spacial score (nSPS) is 28.2. The molecule has 1 aromatic rings. The zero-order valence-electron chi connectivity index (χ0n) is 11.8. The first-order chi connectivity index (χ1) is 9.39. The van der Waals surface area contributed by atoms with Crippen LogP contribution in [-0.4, -0.2) is 18.2 Å². The van der Waals surface area contributed by atoms with E-state index in [1.807, 2.05) is 6.92 Å². The SMILES string of the molecule is CCCC1(C(=O)OCC)OC1(C)c1cc(F)cc(F)c1. The van der Waals surface area contributed by atoms with Crippen molar-refractivity contribution in [2.24, 2.45) is 0 Å². The molecule has 0 aliphatic carbocycles. The number of epoxide rings is 1. The predicted octanol–water partition coefficient (Wildman–Crippen LogP) is 3.31. The highest BCUT2D eigenvalue weighted by Gasteiger charge is 2.73. The summed E-state index contributed by atoms with van der Waals surface area (Å²) in [5.74, 6) is -1.86. The lowest BCUT2D eigenvalue weighted by Gasteiger charge is -2.15. The standard InChI is InChI=1S/C15H18F2O3/c1-4-6-15(13(18)19-5-2)14(3,20-15)10-7-11(16)9-12(17)8-10/h7-9H,4-6H2,1-3H3. The van der Waals surface area contributed by atoms with E-state index in [-0.39, 0.29) is 6.61 Å². The molecule has 110 valence electrons. The summed E-state index contributed by atoms with van der Waals surface area (Å²) in [6, 6.07) is 3.18. The molecule has 1 fully saturated rings. The van der Waals surface area contributed by atoms with Gasteiger partial charge in [-0.25, -0.2) is 13.6 Å². The van der Waals surface area contributed by atoms with E-state index in [1.54, 1.807) is 13.8 Å². The smallest absolute Gasteiger partial charge is 0.341 e. The second-order valence-electron chi connectivity index (χ2n) is 5.09. The van der Waals surface area contributed by atoms with Crippen LogP contribution in [0.15, 0.2) is 18.2 Å². The van der Waals surface area contributed by atoms with Crippen LogP contribution in [0.25, 0.3) is 0 Å². The summed E-state index contributed by atoms with van der Waals surface area (Å²) in [6.45, 7) is 5.52. The topological polar surface area (TPSA) is 38.8 Å². The molecule has 0 saturated carbocycles. The monoisotopic (exact) mass is 284 g/mol. The van der Waals surface area contributed by atoms with Crippen LogP contribution in [0.2, 0.25) is 0 Å². The molecule has 2 atom stereocenters. The molecule has 0 radical (unpaired) electrons. The van der Waals surface area contributed by atoms with Crippen LogP contribution in [-0.2, 0) is 19.9 Å². The van der Waals surface area contributed by atoms with Gasteiger partial charge in [0, 0.05) is 6.07 Å². The number of hydrogen-bond acceptors (Lipinski definition) is 3. The number of rotatable bonds is 5. The lowest BCUT2D eigenvalue weighted by molar-refractivity contribution is -0.149. The highest BCUT2D eigenvalue weighted by molar-refractivity contribution is 5.85. The quantitative estimate of drug-likeness (QED) is 0.615. The molecule has 1 aliphatic heterocycles. The number of hydrogen-bond donors (Lipinski definition) is 0. The fourth-order valence-corrected chi connectivity index (χ4v) is 2.67. The number of halogens is 2. The van der Waals surface area contributed by atoms with Crippen LogP contribution in [0.4, 0.5) is 8.78 Å². The summed E-state index contributed by atoms with van der Waals surface area (Å²) < 4.78 is 37.4. The maximum Gasteiger partial charge on any atom is 0.341 e. The van der Waals surface area contributed by atoms with Crippen LogP contribution in [0.3, 0.4) is 0 Å². The molecular weight excluding hydrogens is 266 g/mol. The number of esters is 1. The molecule has 5 heteroatoms. The molecule has 1 saturated heterocycles. The van der Waals surface area contributed by atoms with Crippen molar-refractivity contribution in [1.82, 2.24) is 0 Å². The molecule has 3 nitrogen and oxygen atoms in total. The Morgan fingerprint density at radius 2 is 1.85 bits per heavy atom. The summed E-state index contributed by atoms with van der Waals surface area (Å²) in [6.07, 6.45) is 1.15. The maximum atomic E-state index is 13.4. The van der Waals surface area contributed by atoms with Gasteiger partial charge in [-0.1, -0.05) is 13.3 Å². The highest BCUT2D eigenvalue weighted by atomic mass is 19.1. The van der Waals surface area contributed by atoms with Gasteiger partial charge in [0.05, 0.1) is 6.61 Å². The lowest BCUT2D eigenvalue weighted by Crippen LogP contribution is -2.33. The van der Waals surface area contributed by atoms with Crippen molar-refractivity contribution in [1.29, 1.82) is 0 Å². The van der Waals surface area contributed by atoms with E-state index in [0.717, 1.165) is 6.07 Å². The van der Waals surface area contributed by atoms with Crippen molar-refractivity contribution in [2.45, 2.75) is 44.8 Å². The van der Waals surface area contributed by atoms with Gasteiger partial charge in [-0.2, -0.15) is 0 Å². The van der Waals surface area contributed by atoms with Gasteiger partial charge in [0.15, 0.2) is 5.60 Å². The molecule has 1 heterocycles. The Morgan fingerprint density at radius 1 is 1.25 bits per heavy atom. The third kappa shape index (κ3) is 2.20. The van der Waals surface area contributed by atoms with Crippen molar-refractivity contribution in [3.8, 4) is 0 Å². The van der Waals surface area contributed by atoms with Gasteiger partial charge in [0.2, 0.25) is 0 Å². The maximum absolute atomic E-state index is 13.4. The van der Waals surface area contributed by atoms with Gasteiger partial charge >= 0.3 is 5.97 Å².